The van der Waals surface area contributed by atoms with Gasteiger partial charge in [-0.15, -0.1) is 0 Å². The normalized spacial score (nSPS) is 12.5. The van der Waals surface area contributed by atoms with Crippen molar-refractivity contribution in [1.29, 1.82) is 0 Å². The van der Waals surface area contributed by atoms with Crippen molar-refractivity contribution in [2.24, 2.45) is 0 Å². The molecule has 90 valence electrons. The molecule has 0 N–H and O–H groups in total. The van der Waals surface area contributed by atoms with Crippen LogP contribution in [0.15, 0.2) is 0 Å². The van der Waals surface area contributed by atoms with Crippen molar-refractivity contribution in [2.75, 3.05) is 19.0 Å². The van der Waals surface area contributed by atoms with Crippen molar-refractivity contribution in [3.63, 3.8) is 0 Å². The molecule has 1 unspecified atom stereocenters. The Kier molecular flexibility index (Phi) is 10.2. The summed E-state index contributed by atoms with van der Waals surface area (Å²) in [6.45, 7) is 5.27. The number of thiol groups is 1. The molecule has 0 aliphatic heterocycles. The molecule has 0 spiro atoms. The van der Waals surface area contributed by atoms with E-state index in [1.165, 1.54) is 0 Å². The van der Waals surface area contributed by atoms with Gasteiger partial charge in [-0.25, -0.2) is 0 Å². The number of hydrogen-bond donors (Lipinski definition) is 1. The second-order valence-electron chi connectivity index (χ2n) is 3.41. The average molecular weight is 234 g/mol. The molecule has 0 aromatic rings. The minimum atomic E-state index is -0.192. The van der Waals surface area contributed by atoms with Gasteiger partial charge < -0.3 is 9.47 Å². The van der Waals surface area contributed by atoms with Gasteiger partial charge in [0.2, 0.25) is 0 Å². The third kappa shape index (κ3) is 8.75. The second-order valence-corrected chi connectivity index (χ2v) is 3.86. The van der Waals surface area contributed by atoms with Crippen LogP contribution in [-0.4, -0.2) is 31.0 Å². The Balaban J connectivity index is 3.55. The molecule has 0 aromatic carbocycles. The minimum absolute atomic E-state index is 0.0421. The van der Waals surface area contributed by atoms with Gasteiger partial charge in [0, 0.05) is 12.4 Å². The molecule has 0 radical (unpaired) electrons. The Hall–Kier alpha value is -0.220. The quantitative estimate of drug-likeness (QED) is 0.378. The molecular weight excluding hydrogens is 212 g/mol. The summed E-state index contributed by atoms with van der Waals surface area (Å²) < 4.78 is 10.6. The molecule has 0 rings (SSSR count). The Morgan fingerprint density at radius 1 is 1.40 bits per heavy atom. The summed E-state index contributed by atoms with van der Waals surface area (Å²) >= 11 is 3.96. The van der Waals surface area contributed by atoms with Crippen LogP contribution < -0.4 is 0 Å². The van der Waals surface area contributed by atoms with E-state index in [1.807, 2.05) is 6.92 Å². The zero-order valence-corrected chi connectivity index (χ0v) is 10.6. The third-order valence-corrected chi connectivity index (χ3v) is 2.28. The molecular formula is C11H22O3S. The van der Waals surface area contributed by atoms with Crippen LogP contribution in [0.5, 0.6) is 0 Å². The first-order valence-corrected chi connectivity index (χ1v) is 6.25. The van der Waals surface area contributed by atoms with Crippen LogP contribution in [0.4, 0.5) is 0 Å². The van der Waals surface area contributed by atoms with Crippen molar-refractivity contribution in [2.45, 2.75) is 45.6 Å². The molecule has 0 bridgehead atoms. The van der Waals surface area contributed by atoms with E-state index in [2.05, 4.69) is 19.6 Å². The van der Waals surface area contributed by atoms with E-state index < -0.39 is 0 Å². The number of carbonyl (C=O) groups excluding carboxylic acids is 1. The topological polar surface area (TPSA) is 35.5 Å². The fraction of sp³-hybridized carbons (Fsp3) is 0.909. The predicted octanol–water partition coefficient (Wildman–Crippen LogP) is 2.44. The Bertz CT molecular complexity index is 162. The van der Waals surface area contributed by atoms with Crippen LogP contribution in [0.1, 0.15) is 39.5 Å². The number of carbonyl (C=O) groups is 1. The zero-order chi connectivity index (χ0) is 11.5. The van der Waals surface area contributed by atoms with Crippen molar-refractivity contribution in [3.8, 4) is 0 Å². The van der Waals surface area contributed by atoms with Gasteiger partial charge in [-0.3, -0.25) is 4.79 Å². The first-order valence-electron chi connectivity index (χ1n) is 5.62. The maximum atomic E-state index is 11.1. The van der Waals surface area contributed by atoms with E-state index in [0.29, 0.717) is 18.8 Å². The third-order valence-electron chi connectivity index (χ3n) is 2.05. The van der Waals surface area contributed by atoms with Crippen molar-refractivity contribution in [1.82, 2.24) is 0 Å². The van der Waals surface area contributed by atoms with E-state index in [4.69, 9.17) is 9.47 Å². The minimum Gasteiger partial charge on any atom is -0.463 e. The SMILES string of the molecule is CCCCOC(CC)COC(=O)CCS. The molecule has 0 saturated heterocycles. The highest BCUT2D eigenvalue weighted by atomic mass is 32.1. The molecule has 0 saturated carbocycles. The van der Waals surface area contributed by atoms with Crippen LogP contribution in [0.2, 0.25) is 0 Å². The highest BCUT2D eigenvalue weighted by molar-refractivity contribution is 7.80. The van der Waals surface area contributed by atoms with Crippen LogP contribution in [-0.2, 0) is 14.3 Å². The number of esters is 1. The Morgan fingerprint density at radius 2 is 2.13 bits per heavy atom. The number of hydrogen-bond acceptors (Lipinski definition) is 4. The molecule has 0 fully saturated rings. The lowest BCUT2D eigenvalue weighted by atomic mass is 10.3. The molecule has 0 aliphatic rings. The summed E-state index contributed by atoms with van der Waals surface area (Å²) in [5, 5.41) is 0. The summed E-state index contributed by atoms with van der Waals surface area (Å²) in [7, 11) is 0. The first kappa shape index (κ1) is 14.8. The highest BCUT2D eigenvalue weighted by Gasteiger charge is 2.09. The Morgan fingerprint density at radius 3 is 2.67 bits per heavy atom. The molecule has 1 atom stereocenters. The predicted molar refractivity (Wildman–Crippen MR) is 64.4 cm³/mol. The lowest BCUT2D eigenvalue weighted by Gasteiger charge is -2.15. The van der Waals surface area contributed by atoms with Gasteiger partial charge >= 0.3 is 5.97 Å². The van der Waals surface area contributed by atoms with Gasteiger partial charge in [0.25, 0.3) is 0 Å². The van der Waals surface area contributed by atoms with E-state index in [9.17, 15) is 4.79 Å². The Labute approximate surface area is 97.9 Å². The maximum Gasteiger partial charge on any atom is 0.306 e. The lowest BCUT2D eigenvalue weighted by molar-refractivity contribution is -0.147. The summed E-state index contributed by atoms with van der Waals surface area (Å²) in [5.41, 5.74) is 0. The lowest BCUT2D eigenvalue weighted by Crippen LogP contribution is -2.22. The monoisotopic (exact) mass is 234 g/mol. The molecule has 0 aliphatic carbocycles. The number of ether oxygens (including phenoxy) is 2. The molecule has 0 amide bonds. The van der Waals surface area contributed by atoms with E-state index in [1.54, 1.807) is 0 Å². The molecule has 4 heteroatoms. The van der Waals surface area contributed by atoms with Gasteiger partial charge in [-0.05, 0) is 12.8 Å². The fourth-order valence-electron chi connectivity index (χ4n) is 1.03. The fourth-order valence-corrected chi connectivity index (χ4v) is 1.21. The van der Waals surface area contributed by atoms with E-state index in [-0.39, 0.29) is 12.1 Å². The largest absolute Gasteiger partial charge is 0.463 e. The molecule has 0 aromatic heterocycles. The van der Waals surface area contributed by atoms with Crippen LogP contribution in [0, 0.1) is 0 Å². The maximum absolute atomic E-state index is 11.1. The van der Waals surface area contributed by atoms with Crippen molar-refractivity contribution in [3.05, 3.63) is 0 Å². The zero-order valence-electron chi connectivity index (χ0n) is 9.70. The van der Waals surface area contributed by atoms with Crippen LogP contribution in [0.25, 0.3) is 0 Å². The van der Waals surface area contributed by atoms with Crippen LogP contribution >= 0.6 is 12.6 Å². The molecule has 15 heavy (non-hydrogen) atoms. The van der Waals surface area contributed by atoms with Gasteiger partial charge in [-0.1, -0.05) is 20.3 Å². The summed E-state index contributed by atoms with van der Waals surface area (Å²) in [6.07, 6.45) is 3.46. The highest BCUT2D eigenvalue weighted by Crippen LogP contribution is 2.02. The summed E-state index contributed by atoms with van der Waals surface area (Å²) in [5.74, 6) is 0.342. The van der Waals surface area contributed by atoms with E-state index >= 15 is 0 Å². The van der Waals surface area contributed by atoms with Gasteiger partial charge in [0.1, 0.15) is 6.61 Å². The van der Waals surface area contributed by atoms with Gasteiger partial charge in [-0.2, -0.15) is 12.6 Å². The van der Waals surface area contributed by atoms with Crippen molar-refractivity contribution < 1.29 is 14.3 Å². The molecule has 3 nitrogen and oxygen atoms in total. The summed E-state index contributed by atoms with van der Waals surface area (Å²) in [4.78, 5) is 11.1. The standard InChI is InChI=1S/C11H22O3S/c1-3-5-7-13-10(4-2)9-14-11(12)6-8-15/h10,15H,3-9H2,1-2H3. The first-order chi connectivity index (χ1) is 7.24. The number of unbranched alkanes of at least 4 members (excludes halogenated alkanes) is 1. The smallest absolute Gasteiger partial charge is 0.306 e. The van der Waals surface area contributed by atoms with Gasteiger partial charge in [0.15, 0.2) is 0 Å². The number of rotatable bonds is 9. The summed E-state index contributed by atoms with van der Waals surface area (Å²) in [6, 6.07) is 0. The average Bonchev–Trinajstić information content (AvgIpc) is 2.23. The van der Waals surface area contributed by atoms with Crippen LogP contribution in [0.3, 0.4) is 0 Å². The van der Waals surface area contributed by atoms with Gasteiger partial charge in [0.05, 0.1) is 12.5 Å². The van der Waals surface area contributed by atoms with Crippen molar-refractivity contribution >= 4 is 18.6 Å². The second kappa shape index (κ2) is 10.3. The van der Waals surface area contributed by atoms with E-state index in [0.717, 1.165) is 25.9 Å². The molecule has 0 heterocycles.